The van der Waals surface area contributed by atoms with Crippen molar-refractivity contribution in [3.63, 3.8) is 0 Å². The van der Waals surface area contributed by atoms with Gasteiger partial charge in [-0.05, 0) is 79.3 Å². The summed E-state index contributed by atoms with van der Waals surface area (Å²) < 4.78 is 6.68. The molecule has 11 rings (SSSR count). The molecule has 0 fully saturated rings. The predicted octanol–water partition coefficient (Wildman–Crippen LogP) is 7.53. The van der Waals surface area contributed by atoms with Crippen molar-refractivity contribution in [2.24, 2.45) is 0 Å². The minimum Gasteiger partial charge on any atom is -0.455 e. The Bertz CT molecular complexity index is 3500. The molecule has 10 radical (unpaired) electrons. The topological polar surface area (TPSA) is 51.8 Å². The van der Waals surface area contributed by atoms with E-state index in [0.717, 1.165) is 49.8 Å². The van der Waals surface area contributed by atoms with Crippen molar-refractivity contribution in [3.8, 4) is 56.4 Å². The Kier molecular flexibility index (Phi) is 8.42. The Morgan fingerprint density at radius 3 is 1.45 bits per heavy atom. The van der Waals surface area contributed by atoms with Crippen LogP contribution in [0.1, 0.15) is 0 Å². The molecule has 0 unspecified atom stereocenters. The van der Waals surface area contributed by atoms with Crippen LogP contribution in [0.3, 0.4) is 0 Å². The van der Waals surface area contributed by atoms with Crippen LogP contribution in [0.25, 0.3) is 111 Å². The molecule has 60 heavy (non-hydrogen) atoms. The molecule has 0 bridgehead atoms. The molecule has 0 N–H and O–H groups in total. The van der Waals surface area contributed by atoms with Gasteiger partial charge in [0.25, 0.3) is 0 Å². The van der Waals surface area contributed by atoms with E-state index in [2.05, 4.69) is 91.0 Å². The lowest BCUT2D eigenvalue weighted by Crippen LogP contribution is -2.55. The molecule has 0 spiro atoms. The van der Waals surface area contributed by atoms with E-state index in [4.69, 9.17) is 58.6 Å². The first-order chi connectivity index (χ1) is 29.3. The zero-order valence-corrected chi connectivity index (χ0v) is 32.1. The highest BCUT2D eigenvalue weighted by Crippen LogP contribution is 2.41. The van der Waals surface area contributed by atoms with Gasteiger partial charge in [0, 0.05) is 33.0 Å². The summed E-state index contributed by atoms with van der Waals surface area (Å²) in [7, 11) is 31.5. The van der Waals surface area contributed by atoms with Crippen LogP contribution in [0.15, 0.2) is 162 Å². The number of nitrogens with zero attached hydrogens (tertiary/aromatic N) is 3. The molecule has 0 aliphatic rings. The summed E-state index contributed by atoms with van der Waals surface area (Å²) in [6.07, 6.45) is 0. The van der Waals surface area contributed by atoms with Crippen molar-refractivity contribution in [3.05, 3.63) is 158 Å². The van der Waals surface area contributed by atoms with Gasteiger partial charge in [-0.25, -0.2) is 15.0 Å². The van der Waals surface area contributed by atoms with Crippen molar-refractivity contribution >= 4 is 121 Å². The van der Waals surface area contributed by atoms with Gasteiger partial charge in [-0.1, -0.05) is 138 Å². The lowest BCUT2D eigenvalue weighted by atomic mass is 9.59. The molecule has 0 saturated carbocycles. The number of benzene rings is 9. The maximum absolute atomic E-state index is 6.68. The summed E-state index contributed by atoms with van der Waals surface area (Å²) in [6.45, 7) is 0. The van der Waals surface area contributed by atoms with E-state index in [9.17, 15) is 0 Å². The van der Waals surface area contributed by atoms with Crippen molar-refractivity contribution in [1.29, 1.82) is 0 Å². The van der Waals surface area contributed by atoms with Crippen LogP contribution in [-0.4, -0.2) is 54.2 Å². The van der Waals surface area contributed by atoms with Gasteiger partial charge >= 0.3 is 0 Å². The molecular weight excluding hydrogens is 725 g/mol. The molecule has 0 amide bonds. The highest BCUT2D eigenvalue weighted by atomic mass is 16.3. The molecule has 4 nitrogen and oxygen atoms in total. The monoisotopic (exact) mass is 751 g/mol. The Morgan fingerprint density at radius 2 is 0.783 bits per heavy atom. The molecular formula is C51H26B5N3O. The zero-order chi connectivity index (χ0) is 40.6. The SMILES string of the molecule is [B]c1c([B])c([B])c(-c2cccc(-c3nc(-c4ccccc4)nc(-c4ccc5oc6c(-c7ccc8c9ccccc9c9ccccc9c8c7)cccc6c5c4)n3)c2)c([B])c1[B]. The summed E-state index contributed by atoms with van der Waals surface area (Å²) in [5, 5.41) is 9.33. The average molecular weight is 751 g/mol. The van der Waals surface area contributed by atoms with Crippen LogP contribution in [0.4, 0.5) is 0 Å². The van der Waals surface area contributed by atoms with Crippen LogP contribution in [0.5, 0.6) is 0 Å². The first-order valence-corrected chi connectivity index (χ1v) is 19.6. The number of rotatable bonds is 5. The fraction of sp³-hybridized carbons (Fsp3) is 0. The second-order valence-corrected chi connectivity index (χ2v) is 15.0. The number of hydrogen-bond acceptors (Lipinski definition) is 4. The Hall–Kier alpha value is -7.11. The molecule has 2 aromatic heterocycles. The van der Waals surface area contributed by atoms with E-state index < -0.39 is 0 Å². The van der Waals surface area contributed by atoms with Gasteiger partial charge in [-0.3, -0.25) is 0 Å². The first-order valence-electron chi connectivity index (χ1n) is 19.6. The van der Waals surface area contributed by atoms with Gasteiger partial charge in [0.05, 0.1) is 0 Å². The molecule has 0 atom stereocenters. The second kappa shape index (κ2) is 14.0. The Labute approximate surface area is 352 Å². The first kappa shape index (κ1) is 36.0. The normalized spacial score (nSPS) is 11.7. The molecule has 9 heteroatoms. The average Bonchev–Trinajstić information content (AvgIpc) is 3.69. The maximum atomic E-state index is 6.68. The van der Waals surface area contributed by atoms with E-state index in [0.29, 0.717) is 28.6 Å². The van der Waals surface area contributed by atoms with E-state index in [1.165, 1.54) is 32.3 Å². The third kappa shape index (κ3) is 5.72. The highest BCUT2D eigenvalue weighted by molar-refractivity contribution is 6.68. The second-order valence-electron chi connectivity index (χ2n) is 15.0. The van der Waals surface area contributed by atoms with Crippen molar-refractivity contribution in [2.45, 2.75) is 0 Å². The fourth-order valence-corrected chi connectivity index (χ4v) is 8.57. The third-order valence-electron chi connectivity index (χ3n) is 11.6. The quantitative estimate of drug-likeness (QED) is 0.135. The Balaban J connectivity index is 1.05. The molecule has 0 aliphatic carbocycles. The minimum atomic E-state index is 0.161. The molecule has 0 aliphatic heterocycles. The van der Waals surface area contributed by atoms with Crippen molar-refractivity contribution < 1.29 is 4.42 Å². The number of para-hydroxylation sites is 1. The molecule has 2 heterocycles. The molecule has 9 aromatic carbocycles. The zero-order valence-electron chi connectivity index (χ0n) is 32.1. The largest absolute Gasteiger partial charge is 0.455 e. The summed E-state index contributed by atoms with van der Waals surface area (Å²) in [6, 6.07) is 53.8. The number of aromatic nitrogens is 3. The van der Waals surface area contributed by atoms with Crippen molar-refractivity contribution in [2.75, 3.05) is 0 Å². The number of fused-ring (bicyclic) bond motifs is 9. The Morgan fingerprint density at radius 1 is 0.317 bits per heavy atom. The van der Waals surface area contributed by atoms with Crippen LogP contribution in [0, 0.1) is 0 Å². The van der Waals surface area contributed by atoms with Crippen LogP contribution >= 0.6 is 0 Å². The van der Waals surface area contributed by atoms with Gasteiger partial charge in [-0.2, -0.15) is 0 Å². The van der Waals surface area contributed by atoms with Crippen LogP contribution < -0.4 is 27.3 Å². The molecule has 11 aromatic rings. The van der Waals surface area contributed by atoms with E-state index in [1.807, 2.05) is 66.7 Å². The summed E-state index contributed by atoms with van der Waals surface area (Å²) in [5.74, 6) is 1.49. The summed E-state index contributed by atoms with van der Waals surface area (Å²) in [5.41, 5.74) is 8.29. The molecule has 0 saturated heterocycles. The fourth-order valence-electron chi connectivity index (χ4n) is 8.57. The van der Waals surface area contributed by atoms with Crippen LogP contribution in [0.2, 0.25) is 0 Å². The van der Waals surface area contributed by atoms with E-state index in [-0.39, 0.29) is 27.3 Å². The lowest BCUT2D eigenvalue weighted by molar-refractivity contribution is 0.670. The highest BCUT2D eigenvalue weighted by Gasteiger charge is 2.19. The summed E-state index contributed by atoms with van der Waals surface area (Å²) in [4.78, 5) is 15.0. The van der Waals surface area contributed by atoms with E-state index in [1.54, 1.807) is 0 Å². The minimum absolute atomic E-state index is 0.161. The number of hydrogen-bond donors (Lipinski definition) is 0. The van der Waals surface area contributed by atoms with Crippen LogP contribution in [-0.2, 0) is 0 Å². The van der Waals surface area contributed by atoms with Gasteiger partial charge in [-0.15, -0.1) is 16.4 Å². The standard InChI is InChI=1S/C51H26B5N3O/c52-43-42(44(53)46(55)47(56)45(43)54)29-12-8-13-30(24-29)50-57-49(27-10-2-1-3-11-27)58-51(59-50)31-21-23-41-40(26-31)38-19-9-18-32(48(38)60-41)28-20-22-37-35-16-5-4-14-33(35)34-15-6-7-17-36(34)39(37)25-28/h1-26H. The lowest BCUT2D eigenvalue weighted by Gasteiger charge is -2.21. The third-order valence-corrected chi connectivity index (χ3v) is 11.6. The smallest absolute Gasteiger partial charge is 0.164 e. The summed E-state index contributed by atoms with van der Waals surface area (Å²) >= 11 is 0. The van der Waals surface area contributed by atoms with Gasteiger partial charge in [0.15, 0.2) is 17.5 Å². The number of furan rings is 1. The predicted molar refractivity (Wildman–Crippen MR) is 254 cm³/mol. The van der Waals surface area contributed by atoms with E-state index >= 15 is 0 Å². The molecule has 266 valence electrons. The van der Waals surface area contributed by atoms with Gasteiger partial charge in [0.2, 0.25) is 0 Å². The van der Waals surface area contributed by atoms with Gasteiger partial charge in [0.1, 0.15) is 50.4 Å². The van der Waals surface area contributed by atoms with Gasteiger partial charge < -0.3 is 4.42 Å². The van der Waals surface area contributed by atoms with Crippen molar-refractivity contribution in [1.82, 2.24) is 15.0 Å². The maximum Gasteiger partial charge on any atom is 0.164 e.